The van der Waals surface area contributed by atoms with E-state index in [1.807, 2.05) is 18.2 Å². The van der Waals surface area contributed by atoms with E-state index in [9.17, 15) is 18.0 Å². The van der Waals surface area contributed by atoms with Crippen molar-refractivity contribution < 1.29 is 18.0 Å². The number of para-hydroxylation sites is 1. The van der Waals surface area contributed by atoms with Crippen molar-refractivity contribution in [3.8, 4) is 0 Å². The minimum atomic E-state index is -3.71. The molecule has 0 radical (unpaired) electrons. The Kier molecular flexibility index (Phi) is 6.21. The topological polar surface area (TPSA) is 83.5 Å². The van der Waals surface area contributed by atoms with Crippen molar-refractivity contribution >= 4 is 27.4 Å². The van der Waals surface area contributed by atoms with Crippen LogP contribution in [-0.2, 0) is 23.0 Å². The van der Waals surface area contributed by atoms with Crippen molar-refractivity contribution in [1.29, 1.82) is 0 Å². The highest BCUT2D eigenvalue weighted by Gasteiger charge is 2.23. The van der Waals surface area contributed by atoms with Crippen molar-refractivity contribution in [1.82, 2.24) is 4.72 Å². The molecule has 1 amide bonds. The van der Waals surface area contributed by atoms with Crippen LogP contribution in [0.5, 0.6) is 0 Å². The van der Waals surface area contributed by atoms with Crippen LogP contribution in [0.25, 0.3) is 0 Å². The van der Waals surface area contributed by atoms with Gasteiger partial charge < -0.3 is 4.90 Å². The second-order valence-corrected chi connectivity index (χ2v) is 9.56. The van der Waals surface area contributed by atoms with Gasteiger partial charge in [0.25, 0.3) is 5.91 Å². The van der Waals surface area contributed by atoms with Crippen LogP contribution < -0.4 is 9.62 Å². The highest BCUT2D eigenvalue weighted by atomic mass is 32.2. The quantitative estimate of drug-likeness (QED) is 0.579. The van der Waals surface area contributed by atoms with E-state index in [-0.39, 0.29) is 23.1 Å². The van der Waals surface area contributed by atoms with E-state index in [0.717, 1.165) is 24.1 Å². The number of aryl methyl sites for hydroxylation is 1. The molecule has 1 heterocycles. The first kappa shape index (κ1) is 21.9. The molecular weight excluding hydrogens is 424 g/mol. The Balaban J connectivity index is 1.43. The third-order valence-corrected chi connectivity index (χ3v) is 7.01. The molecule has 3 aromatic carbocycles. The second-order valence-electron chi connectivity index (χ2n) is 7.79. The summed E-state index contributed by atoms with van der Waals surface area (Å²) in [7, 11) is -3.71. The molecule has 1 aliphatic heterocycles. The molecule has 0 aromatic heterocycles. The molecule has 1 aliphatic rings. The van der Waals surface area contributed by atoms with Crippen LogP contribution in [0.4, 0.5) is 5.69 Å². The van der Waals surface area contributed by atoms with E-state index in [0.29, 0.717) is 17.7 Å². The Morgan fingerprint density at radius 1 is 0.906 bits per heavy atom. The van der Waals surface area contributed by atoms with Gasteiger partial charge in [-0.05, 0) is 61.2 Å². The van der Waals surface area contributed by atoms with Gasteiger partial charge in [0.1, 0.15) is 0 Å². The van der Waals surface area contributed by atoms with Crippen LogP contribution in [0.2, 0.25) is 0 Å². The molecule has 32 heavy (non-hydrogen) atoms. The van der Waals surface area contributed by atoms with Gasteiger partial charge in [0.15, 0.2) is 5.78 Å². The summed E-state index contributed by atoms with van der Waals surface area (Å²) < 4.78 is 27.6. The van der Waals surface area contributed by atoms with Crippen LogP contribution in [0, 0.1) is 0 Å². The van der Waals surface area contributed by atoms with E-state index >= 15 is 0 Å². The normalized spacial score (nSPS) is 13.5. The smallest absolute Gasteiger partial charge is 0.258 e. The fourth-order valence-electron chi connectivity index (χ4n) is 3.80. The van der Waals surface area contributed by atoms with Crippen LogP contribution in [0.1, 0.15) is 45.2 Å². The molecule has 1 N–H and O–H groups in total. The van der Waals surface area contributed by atoms with Crippen molar-refractivity contribution in [2.75, 3.05) is 11.4 Å². The number of anilines is 1. The molecule has 7 heteroatoms. The average Bonchev–Trinajstić information content (AvgIpc) is 2.82. The van der Waals surface area contributed by atoms with Gasteiger partial charge in [0.05, 0.1) is 4.90 Å². The van der Waals surface area contributed by atoms with Gasteiger partial charge in [-0.15, -0.1) is 0 Å². The molecule has 3 aromatic rings. The van der Waals surface area contributed by atoms with Crippen LogP contribution in [0.3, 0.4) is 0 Å². The summed E-state index contributed by atoms with van der Waals surface area (Å²) in [5.74, 6) is -0.181. The number of benzene rings is 3. The number of fused-ring (bicyclic) bond motifs is 1. The van der Waals surface area contributed by atoms with Crippen LogP contribution in [-0.4, -0.2) is 26.7 Å². The third-order valence-electron chi connectivity index (χ3n) is 5.59. The summed E-state index contributed by atoms with van der Waals surface area (Å²) >= 11 is 0. The minimum absolute atomic E-state index is 0.0603. The monoisotopic (exact) mass is 448 g/mol. The van der Waals surface area contributed by atoms with Crippen LogP contribution >= 0.6 is 0 Å². The van der Waals surface area contributed by atoms with Crippen molar-refractivity contribution in [3.63, 3.8) is 0 Å². The van der Waals surface area contributed by atoms with E-state index in [1.54, 1.807) is 29.2 Å². The van der Waals surface area contributed by atoms with Gasteiger partial charge >= 0.3 is 0 Å². The Labute approximate surface area is 187 Å². The number of amides is 1. The molecule has 0 fully saturated rings. The first-order valence-corrected chi connectivity index (χ1v) is 11.9. The Bertz CT molecular complexity index is 1250. The Morgan fingerprint density at radius 3 is 2.25 bits per heavy atom. The zero-order valence-electron chi connectivity index (χ0n) is 17.7. The number of nitrogens with zero attached hydrogens (tertiary/aromatic N) is 1. The maximum Gasteiger partial charge on any atom is 0.258 e. The average molecular weight is 449 g/mol. The van der Waals surface area contributed by atoms with Gasteiger partial charge in [-0.2, -0.15) is 0 Å². The van der Waals surface area contributed by atoms with E-state index in [1.165, 1.54) is 36.8 Å². The molecule has 0 atom stereocenters. The number of carbonyl (C=O) groups excluding carboxylic acids is 2. The molecule has 0 saturated heterocycles. The lowest BCUT2D eigenvalue weighted by Gasteiger charge is -2.29. The van der Waals surface area contributed by atoms with Gasteiger partial charge in [0.2, 0.25) is 10.0 Å². The van der Waals surface area contributed by atoms with Crippen molar-refractivity contribution in [3.05, 3.63) is 95.1 Å². The summed E-state index contributed by atoms with van der Waals surface area (Å²) in [6.07, 6.45) is 1.90. The molecule has 164 valence electrons. The van der Waals surface area contributed by atoms with E-state index in [4.69, 9.17) is 0 Å². The molecule has 0 aliphatic carbocycles. The Hall–Kier alpha value is -3.29. The first-order chi connectivity index (χ1) is 15.3. The summed E-state index contributed by atoms with van der Waals surface area (Å²) in [4.78, 5) is 26.3. The zero-order chi connectivity index (χ0) is 22.7. The number of ketones is 1. The van der Waals surface area contributed by atoms with Crippen molar-refractivity contribution in [2.24, 2.45) is 0 Å². The van der Waals surface area contributed by atoms with E-state index < -0.39 is 10.0 Å². The minimum Gasteiger partial charge on any atom is -0.308 e. The SMILES string of the molecule is CC(=O)c1ccc(S(=O)(=O)NCc2ccc(C(=O)N3CCCc4ccccc43)cc2)cc1. The maximum absolute atomic E-state index is 13.0. The number of sulfonamides is 1. The summed E-state index contributed by atoms with van der Waals surface area (Å²) in [5, 5.41) is 0. The lowest BCUT2D eigenvalue weighted by Crippen LogP contribution is -2.35. The maximum atomic E-state index is 13.0. The van der Waals surface area contributed by atoms with Gasteiger partial charge in [-0.25, -0.2) is 13.1 Å². The highest BCUT2D eigenvalue weighted by Crippen LogP contribution is 2.28. The molecule has 0 unspecified atom stereocenters. The summed E-state index contributed by atoms with van der Waals surface area (Å²) in [6, 6.07) is 20.7. The lowest BCUT2D eigenvalue weighted by molar-refractivity contribution is 0.0983. The number of nitrogens with one attached hydrogen (secondary N) is 1. The number of hydrogen-bond acceptors (Lipinski definition) is 4. The fourth-order valence-corrected chi connectivity index (χ4v) is 4.81. The second kappa shape index (κ2) is 9.06. The summed E-state index contributed by atoms with van der Waals surface area (Å²) in [6.45, 7) is 2.21. The zero-order valence-corrected chi connectivity index (χ0v) is 18.6. The molecule has 4 rings (SSSR count). The Morgan fingerprint density at radius 2 is 1.56 bits per heavy atom. The molecule has 6 nitrogen and oxygen atoms in total. The predicted octanol–water partition coefficient (Wildman–Crippen LogP) is 3.96. The molecule has 0 bridgehead atoms. The standard InChI is InChI=1S/C25H24N2O4S/c1-18(28)20-12-14-23(15-13-20)32(30,31)26-17-19-8-10-22(11-9-19)25(29)27-16-4-6-21-5-2-3-7-24(21)27/h2-3,5,7-15,26H,4,6,16-17H2,1H3. The van der Waals surface area contributed by atoms with E-state index in [2.05, 4.69) is 10.8 Å². The molecule has 0 saturated carbocycles. The summed E-state index contributed by atoms with van der Waals surface area (Å²) in [5.41, 5.74) is 3.89. The third kappa shape index (κ3) is 4.64. The number of rotatable bonds is 6. The van der Waals surface area contributed by atoms with Gasteiger partial charge in [0, 0.05) is 29.9 Å². The molecule has 0 spiro atoms. The number of carbonyl (C=O) groups is 2. The van der Waals surface area contributed by atoms with Crippen LogP contribution in [0.15, 0.2) is 77.7 Å². The highest BCUT2D eigenvalue weighted by molar-refractivity contribution is 7.89. The number of Topliss-reactive ketones (excluding diaryl/α,β-unsaturated/α-hetero) is 1. The lowest BCUT2D eigenvalue weighted by atomic mass is 10.0. The largest absolute Gasteiger partial charge is 0.308 e. The van der Waals surface area contributed by atoms with Crippen molar-refractivity contribution in [2.45, 2.75) is 31.2 Å². The first-order valence-electron chi connectivity index (χ1n) is 10.4. The number of hydrogen-bond donors (Lipinski definition) is 1. The van der Waals surface area contributed by atoms with Gasteiger partial charge in [-0.1, -0.05) is 42.5 Å². The molecular formula is C25H24N2O4S. The van der Waals surface area contributed by atoms with Gasteiger partial charge in [-0.3, -0.25) is 9.59 Å². The fraction of sp³-hybridized carbons (Fsp3) is 0.200. The predicted molar refractivity (Wildman–Crippen MR) is 123 cm³/mol.